The maximum Gasteiger partial charge on any atom is 0.336 e. The fraction of sp³-hybridized carbons (Fsp3) is 0. The Bertz CT molecular complexity index is 559. The summed E-state index contributed by atoms with van der Waals surface area (Å²) in [5, 5.41) is 9.22. The Balaban J connectivity index is 1.99. The summed E-state index contributed by atoms with van der Waals surface area (Å²) in [5.41, 5.74) is 0.922. The van der Waals surface area contributed by atoms with Crippen molar-refractivity contribution in [3.05, 3.63) is 66.2 Å². The zero-order valence-corrected chi connectivity index (χ0v) is 9.61. The zero-order chi connectivity index (χ0) is 12.8. The highest BCUT2D eigenvalue weighted by molar-refractivity contribution is 5.88. The van der Waals surface area contributed by atoms with Crippen molar-refractivity contribution in [2.45, 2.75) is 0 Å². The molecule has 0 aliphatic rings. The Morgan fingerprint density at radius 1 is 1.06 bits per heavy atom. The summed E-state index contributed by atoms with van der Waals surface area (Å²) in [5.74, 6) is -0.102. The lowest BCUT2D eigenvalue weighted by Crippen LogP contribution is -2.03. The van der Waals surface area contributed by atoms with Crippen molar-refractivity contribution in [1.82, 2.24) is 0 Å². The van der Waals surface area contributed by atoms with Gasteiger partial charge in [-0.2, -0.15) is 0 Å². The lowest BCUT2D eigenvalue weighted by atomic mass is 10.2. The molecule has 2 aromatic carbocycles. The van der Waals surface area contributed by atoms with Gasteiger partial charge in [0.2, 0.25) is 0 Å². The van der Waals surface area contributed by atoms with Gasteiger partial charge in [-0.25, -0.2) is 4.79 Å². The number of carbonyl (C=O) groups excluding carboxylic acids is 1. The molecule has 0 atom stereocenters. The van der Waals surface area contributed by atoms with E-state index >= 15 is 0 Å². The minimum absolute atomic E-state index is 0.0624. The average molecular weight is 240 g/mol. The number of phenolic OH excluding ortho intramolecular Hbond substituents is 1. The van der Waals surface area contributed by atoms with E-state index in [0.29, 0.717) is 5.75 Å². The third-order valence-electron chi connectivity index (χ3n) is 2.25. The van der Waals surface area contributed by atoms with Gasteiger partial charge >= 0.3 is 5.97 Å². The van der Waals surface area contributed by atoms with Crippen LogP contribution in [0.4, 0.5) is 0 Å². The zero-order valence-electron chi connectivity index (χ0n) is 9.61. The summed E-state index contributed by atoms with van der Waals surface area (Å²) in [6.45, 7) is 0. The molecule has 0 fully saturated rings. The van der Waals surface area contributed by atoms with E-state index in [4.69, 9.17) is 4.74 Å². The highest BCUT2D eigenvalue weighted by atomic mass is 16.5. The van der Waals surface area contributed by atoms with Crippen LogP contribution in [-0.2, 0) is 4.79 Å². The molecule has 3 nitrogen and oxygen atoms in total. The van der Waals surface area contributed by atoms with Gasteiger partial charge in [-0.15, -0.1) is 0 Å². The molecule has 3 heteroatoms. The van der Waals surface area contributed by atoms with Crippen molar-refractivity contribution >= 4 is 12.0 Å². The molecule has 0 saturated carbocycles. The Morgan fingerprint density at radius 3 is 2.56 bits per heavy atom. The molecule has 0 aliphatic carbocycles. The van der Waals surface area contributed by atoms with Crippen LogP contribution < -0.4 is 4.74 Å². The number of benzene rings is 2. The van der Waals surface area contributed by atoms with Crippen LogP contribution in [0.5, 0.6) is 11.5 Å². The van der Waals surface area contributed by atoms with Gasteiger partial charge in [0.25, 0.3) is 0 Å². The van der Waals surface area contributed by atoms with Crippen LogP contribution in [0.2, 0.25) is 0 Å². The molecule has 0 spiro atoms. The number of ether oxygens (including phenoxy) is 1. The average Bonchev–Trinajstić information content (AvgIpc) is 2.38. The lowest BCUT2D eigenvalue weighted by Gasteiger charge is -2.01. The number of hydrogen-bond acceptors (Lipinski definition) is 3. The van der Waals surface area contributed by atoms with Crippen molar-refractivity contribution in [2.75, 3.05) is 0 Å². The van der Waals surface area contributed by atoms with Crippen LogP contribution in [0.15, 0.2) is 60.7 Å². The first-order valence-corrected chi connectivity index (χ1v) is 5.48. The SMILES string of the molecule is O=C(/C=C\c1ccccc1)Oc1cccc(O)c1. The molecular formula is C15H12O3. The van der Waals surface area contributed by atoms with E-state index < -0.39 is 5.97 Å². The molecule has 0 amide bonds. The van der Waals surface area contributed by atoms with Crippen LogP contribution in [0.3, 0.4) is 0 Å². The highest BCUT2D eigenvalue weighted by Crippen LogP contribution is 2.17. The molecular weight excluding hydrogens is 228 g/mol. The van der Waals surface area contributed by atoms with E-state index in [-0.39, 0.29) is 5.75 Å². The minimum atomic E-state index is -0.482. The van der Waals surface area contributed by atoms with Crippen molar-refractivity contribution in [2.24, 2.45) is 0 Å². The molecule has 1 N–H and O–H groups in total. The molecule has 0 heterocycles. The molecule has 2 aromatic rings. The van der Waals surface area contributed by atoms with Gasteiger partial charge in [0, 0.05) is 12.1 Å². The number of rotatable bonds is 3. The van der Waals surface area contributed by atoms with Crippen molar-refractivity contribution < 1.29 is 14.6 Å². The minimum Gasteiger partial charge on any atom is -0.508 e. The quantitative estimate of drug-likeness (QED) is 0.509. The Morgan fingerprint density at radius 2 is 1.83 bits per heavy atom. The number of hydrogen-bond donors (Lipinski definition) is 1. The highest BCUT2D eigenvalue weighted by Gasteiger charge is 2.00. The Hall–Kier alpha value is -2.55. The van der Waals surface area contributed by atoms with Crippen LogP contribution in [0.1, 0.15) is 5.56 Å². The predicted molar refractivity (Wildman–Crippen MR) is 69.2 cm³/mol. The van der Waals surface area contributed by atoms with E-state index in [1.807, 2.05) is 30.3 Å². The van der Waals surface area contributed by atoms with Gasteiger partial charge in [0.05, 0.1) is 0 Å². The van der Waals surface area contributed by atoms with E-state index in [1.54, 1.807) is 18.2 Å². The number of phenols is 1. The summed E-state index contributed by atoms with van der Waals surface area (Å²) in [4.78, 5) is 11.5. The van der Waals surface area contributed by atoms with E-state index in [2.05, 4.69) is 0 Å². The molecule has 0 aliphatic heterocycles. The predicted octanol–water partition coefficient (Wildman–Crippen LogP) is 3.01. The number of aromatic hydroxyl groups is 1. The molecule has 0 unspecified atom stereocenters. The normalized spacial score (nSPS) is 10.4. The topological polar surface area (TPSA) is 46.5 Å². The van der Waals surface area contributed by atoms with Crippen molar-refractivity contribution in [1.29, 1.82) is 0 Å². The first-order valence-electron chi connectivity index (χ1n) is 5.48. The largest absolute Gasteiger partial charge is 0.508 e. The standard InChI is InChI=1S/C15H12O3/c16-13-7-4-8-14(11-13)18-15(17)10-9-12-5-2-1-3-6-12/h1-11,16H/b10-9-. The van der Waals surface area contributed by atoms with Gasteiger partial charge in [-0.05, 0) is 23.8 Å². The Labute approximate surface area is 105 Å². The van der Waals surface area contributed by atoms with Crippen LogP contribution >= 0.6 is 0 Å². The Kier molecular flexibility index (Phi) is 3.76. The van der Waals surface area contributed by atoms with Gasteiger partial charge in [-0.3, -0.25) is 0 Å². The fourth-order valence-electron chi connectivity index (χ4n) is 1.43. The fourth-order valence-corrected chi connectivity index (χ4v) is 1.43. The summed E-state index contributed by atoms with van der Waals surface area (Å²) in [7, 11) is 0. The lowest BCUT2D eigenvalue weighted by molar-refractivity contribution is -0.128. The monoisotopic (exact) mass is 240 g/mol. The van der Waals surface area contributed by atoms with Gasteiger partial charge in [0.1, 0.15) is 11.5 Å². The maximum atomic E-state index is 11.5. The molecule has 18 heavy (non-hydrogen) atoms. The van der Waals surface area contributed by atoms with E-state index in [1.165, 1.54) is 18.2 Å². The molecule has 0 saturated heterocycles. The van der Waals surface area contributed by atoms with Gasteiger partial charge in [-0.1, -0.05) is 36.4 Å². The summed E-state index contributed by atoms with van der Waals surface area (Å²) >= 11 is 0. The molecule has 0 aromatic heterocycles. The second-order valence-corrected chi connectivity index (χ2v) is 3.66. The molecule has 0 bridgehead atoms. The molecule has 0 radical (unpaired) electrons. The second-order valence-electron chi connectivity index (χ2n) is 3.66. The molecule has 2 rings (SSSR count). The smallest absolute Gasteiger partial charge is 0.336 e. The summed E-state index contributed by atoms with van der Waals surface area (Å²) < 4.78 is 5.03. The summed E-state index contributed by atoms with van der Waals surface area (Å²) in [6, 6.07) is 15.6. The van der Waals surface area contributed by atoms with Crippen LogP contribution in [0.25, 0.3) is 6.08 Å². The van der Waals surface area contributed by atoms with E-state index in [0.717, 1.165) is 5.56 Å². The maximum absolute atomic E-state index is 11.5. The van der Waals surface area contributed by atoms with Crippen molar-refractivity contribution in [3.8, 4) is 11.5 Å². The second kappa shape index (κ2) is 5.68. The number of carbonyl (C=O) groups is 1. The van der Waals surface area contributed by atoms with Crippen LogP contribution in [-0.4, -0.2) is 11.1 Å². The first-order chi connectivity index (χ1) is 8.74. The van der Waals surface area contributed by atoms with Gasteiger partial charge in [0.15, 0.2) is 0 Å². The summed E-state index contributed by atoms with van der Waals surface area (Å²) in [6.07, 6.45) is 3.02. The van der Waals surface area contributed by atoms with Crippen LogP contribution in [0, 0.1) is 0 Å². The van der Waals surface area contributed by atoms with E-state index in [9.17, 15) is 9.90 Å². The molecule has 90 valence electrons. The number of esters is 1. The van der Waals surface area contributed by atoms with Gasteiger partial charge < -0.3 is 9.84 Å². The third-order valence-corrected chi connectivity index (χ3v) is 2.25. The third kappa shape index (κ3) is 3.49. The first kappa shape index (κ1) is 11.9. The van der Waals surface area contributed by atoms with Crippen molar-refractivity contribution in [3.63, 3.8) is 0 Å².